The summed E-state index contributed by atoms with van der Waals surface area (Å²) in [4.78, 5) is 27.9. The molecular formula is C24H22N2O4S. The second-order valence-electron chi connectivity index (χ2n) is 6.98. The zero-order valence-electron chi connectivity index (χ0n) is 17.1. The van der Waals surface area contributed by atoms with Crippen molar-refractivity contribution in [2.75, 3.05) is 4.90 Å². The molecule has 0 bridgehead atoms. The number of aromatic carboxylic acids is 1. The van der Waals surface area contributed by atoms with Crippen molar-refractivity contribution in [3.8, 4) is 10.4 Å². The Morgan fingerprint density at radius 3 is 2.48 bits per heavy atom. The number of hydrogen-bond donors (Lipinski definition) is 2. The van der Waals surface area contributed by atoms with Crippen molar-refractivity contribution in [3.05, 3.63) is 88.8 Å². The molecule has 31 heavy (non-hydrogen) atoms. The fourth-order valence-electron chi connectivity index (χ4n) is 3.25. The zero-order chi connectivity index (χ0) is 22.5. The van der Waals surface area contributed by atoms with Gasteiger partial charge in [0.05, 0.1) is 17.9 Å². The molecule has 1 atom stereocenters. The van der Waals surface area contributed by atoms with E-state index in [0.717, 1.165) is 27.3 Å². The summed E-state index contributed by atoms with van der Waals surface area (Å²) in [5.41, 5.74) is 2.78. The molecule has 6 nitrogen and oxygen atoms in total. The lowest BCUT2D eigenvalue weighted by Gasteiger charge is -2.27. The molecule has 0 radical (unpaired) electrons. The van der Waals surface area contributed by atoms with E-state index in [-0.39, 0.29) is 4.88 Å². The number of carbonyl (C=O) groups excluding carboxylic acids is 1. The topological polar surface area (TPSA) is 90.2 Å². The molecule has 1 unspecified atom stereocenters. The number of thiophene rings is 1. The van der Waals surface area contributed by atoms with Crippen LogP contribution in [0.3, 0.4) is 0 Å². The lowest BCUT2D eigenvalue weighted by molar-refractivity contribution is 0.0703. The smallest absolute Gasteiger partial charge is 0.348 e. The summed E-state index contributed by atoms with van der Waals surface area (Å²) in [6.07, 6.45) is 2.77. The van der Waals surface area contributed by atoms with Gasteiger partial charge in [-0.25, -0.2) is 4.79 Å². The molecule has 0 aliphatic heterocycles. The van der Waals surface area contributed by atoms with E-state index in [1.165, 1.54) is 11.1 Å². The van der Waals surface area contributed by atoms with Crippen molar-refractivity contribution >= 4 is 35.1 Å². The van der Waals surface area contributed by atoms with Crippen molar-refractivity contribution in [2.45, 2.75) is 19.9 Å². The monoisotopic (exact) mass is 434 g/mol. The van der Waals surface area contributed by atoms with Crippen molar-refractivity contribution < 1.29 is 19.9 Å². The quantitative estimate of drug-likeness (QED) is 0.224. The third kappa shape index (κ3) is 4.57. The largest absolute Gasteiger partial charge is 0.477 e. The molecule has 0 spiro atoms. The first-order chi connectivity index (χ1) is 14.9. The van der Waals surface area contributed by atoms with Crippen LogP contribution in [0.15, 0.2) is 72.4 Å². The van der Waals surface area contributed by atoms with E-state index in [1.54, 1.807) is 37.3 Å². The molecule has 1 heterocycles. The van der Waals surface area contributed by atoms with Gasteiger partial charge in [-0.05, 0) is 37.6 Å². The fourth-order valence-corrected chi connectivity index (χ4v) is 4.25. The van der Waals surface area contributed by atoms with Crippen LogP contribution >= 0.6 is 11.3 Å². The summed E-state index contributed by atoms with van der Waals surface area (Å²) in [5.74, 6) is -1.53. The third-order valence-corrected chi connectivity index (χ3v) is 5.99. The van der Waals surface area contributed by atoms with Gasteiger partial charge in [-0.2, -0.15) is 0 Å². The van der Waals surface area contributed by atoms with Crippen LogP contribution in [0.25, 0.3) is 10.4 Å². The molecule has 3 aromatic rings. The fraction of sp³-hybridized carbons (Fsp3) is 0.125. The second kappa shape index (κ2) is 9.40. The summed E-state index contributed by atoms with van der Waals surface area (Å²) in [6.45, 7) is 7.42. The van der Waals surface area contributed by atoms with Gasteiger partial charge in [0.1, 0.15) is 4.88 Å². The van der Waals surface area contributed by atoms with Crippen LogP contribution in [0.2, 0.25) is 0 Å². The number of hydrogen-bond acceptors (Lipinski definition) is 5. The summed E-state index contributed by atoms with van der Waals surface area (Å²) < 4.78 is 0. The molecular weight excluding hydrogens is 412 g/mol. The highest BCUT2D eigenvalue weighted by Gasteiger charge is 2.29. The standard InChI is InChI=1S/C24H22N2O4S/c1-4-16(3)26(23(27)19-11-10-15(2)12-18(19)14-25-30)20-13-21(31-22(20)24(28)29)17-8-6-5-7-9-17/h4-14,16,30H,1H2,2-3H3,(H,28,29)/b25-14+. The first-order valence-electron chi connectivity index (χ1n) is 9.54. The highest BCUT2D eigenvalue weighted by atomic mass is 32.1. The molecule has 1 amide bonds. The number of carboxylic acids is 1. The molecule has 2 N–H and O–H groups in total. The number of rotatable bonds is 7. The minimum Gasteiger partial charge on any atom is -0.477 e. The molecule has 7 heteroatoms. The van der Waals surface area contributed by atoms with Gasteiger partial charge in [-0.1, -0.05) is 53.2 Å². The number of oxime groups is 1. The lowest BCUT2D eigenvalue weighted by Crippen LogP contribution is -2.38. The van der Waals surface area contributed by atoms with Crippen LogP contribution in [-0.2, 0) is 0 Å². The number of anilines is 1. The first-order valence-corrected chi connectivity index (χ1v) is 10.4. The Kier molecular flexibility index (Phi) is 6.67. The lowest BCUT2D eigenvalue weighted by atomic mass is 10.0. The number of amides is 1. The molecule has 1 aromatic heterocycles. The Bertz CT molecular complexity index is 1150. The maximum absolute atomic E-state index is 13.6. The molecule has 0 aliphatic carbocycles. The zero-order valence-corrected chi connectivity index (χ0v) is 18.0. The highest BCUT2D eigenvalue weighted by molar-refractivity contribution is 7.18. The average Bonchev–Trinajstić information content (AvgIpc) is 3.20. The number of carboxylic acid groups (broad SMARTS) is 1. The summed E-state index contributed by atoms with van der Waals surface area (Å²) >= 11 is 1.11. The summed E-state index contributed by atoms with van der Waals surface area (Å²) in [5, 5.41) is 21.9. The van der Waals surface area contributed by atoms with Crippen LogP contribution < -0.4 is 4.90 Å². The SMILES string of the molecule is C=CC(C)N(C(=O)c1ccc(C)cc1/C=N/O)c1cc(-c2ccccc2)sc1C(=O)O. The van der Waals surface area contributed by atoms with E-state index < -0.39 is 17.9 Å². The van der Waals surface area contributed by atoms with Crippen molar-refractivity contribution in [1.29, 1.82) is 0 Å². The minimum atomic E-state index is -1.11. The first kappa shape index (κ1) is 22.0. The minimum absolute atomic E-state index is 0.0605. The van der Waals surface area contributed by atoms with Crippen LogP contribution in [-0.4, -0.2) is 34.4 Å². The van der Waals surface area contributed by atoms with E-state index in [0.29, 0.717) is 16.8 Å². The number of benzene rings is 2. The van der Waals surface area contributed by atoms with Gasteiger partial charge in [0.15, 0.2) is 0 Å². The van der Waals surface area contributed by atoms with E-state index in [4.69, 9.17) is 5.21 Å². The summed E-state index contributed by atoms with van der Waals surface area (Å²) in [6, 6.07) is 15.8. The van der Waals surface area contributed by atoms with Gasteiger partial charge in [0.25, 0.3) is 5.91 Å². The summed E-state index contributed by atoms with van der Waals surface area (Å²) in [7, 11) is 0. The molecule has 0 saturated heterocycles. The van der Waals surface area contributed by atoms with Gasteiger partial charge in [-0.3, -0.25) is 9.69 Å². The number of nitrogens with zero attached hydrogens (tertiary/aromatic N) is 2. The Morgan fingerprint density at radius 1 is 1.16 bits per heavy atom. The maximum atomic E-state index is 13.6. The number of aryl methyl sites for hydroxylation is 1. The Hall–Kier alpha value is -3.71. The van der Waals surface area contributed by atoms with Gasteiger partial charge < -0.3 is 10.3 Å². The molecule has 158 valence electrons. The van der Waals surface area contributed by atoms with Gasteiger partial charge >= 0.3 is 5.97 Å². The molecule has 0 saturated carbocycles. The van der Waals surface area contributed by atoms with Crippen LogP contribution in [0.1, 0.15) is 38.1 Å². The normalized spacial score (nSPS) is 11.9. The van der Waals surface area contributed by atoms with Crippen LogP contribution in [0.4, 0.5) is 5.69 Å². The van der Waals surface area contributed by atoms with E-state index >= 15 is 0 Å². The molecule has 0 aliphatic rings. The molecule has 3 rings (SSSR count). The predicted molar refractivity (Wildman–Crippen MR) is 124 cm³/mol. The predicted octanol–water partition coefficient (Wildman–Crippen LogP) is 5.45. The van der Waals surface area contributed by atoms with Crippen LogP contribution in [0, 0.1) is 6.92 Å². The Balaban J connectivity index is 2.19. The van der Waals surface area contributed by atoms with Crippen molar-refractivity contribution in [3.63, 3.8) is 0 Å². The van der Waals surface area contributed by atoms with Gasteiger partial charge in [0, 0.05) is 16.0 Å². The third-order valence-electron chi connectivity index (χ3n) is 4.83. The molecule has 0 fully saturated rings. The molecule has 2 aromatic carbocycles. The highest BCUT2D eigenvalue weighted by Crippen LogP contribution is 2.38. The van der Waals surface area contributed by atoms with Crippen molar-refractivity contribution in [1.82, 2.24) is 0 Å². The van der Waals surface area contributed by atoms with E-state index in [1.807, 2.05) is 37.3 Å². The van der Waals surface area contributed by atoms with E-state index in [2.05, 4.69) is 11.7 Å². The van der Waals surface area contributed by atoms with Gasteiger partial charge in [-0.15, -0.1) is 17.9 Å². The average molecular weight is 435 g/mol. The Labute approximate surface area is 184 Å². The maximum Gasteiger partial charge on any atom is 0.348 e. The van der Waals surface area contributed by atoms with Crippen molar-refractivity contribution in [2.24, 2.45) is 5.16 Å². The second-order valence-corrected chi connectivity index (χ2v) is 8.04. The van der Waals surface area contributed by atoms with Crippen LogP contribution in [0.5, 0.6) is 0 Å². The number of carbonyl (C=O) groups is 2. The Morgan fingerprint density at radius 2 is 1.87 bits per heavy atom. The van der Waals surface area contributed by atoms with E-state index in [9.17, 15) is 14.7 Å². The van der Waals surface area contributed by atoms with Gasteiger partial charge in [0.2, 0.25) is 0 Å².